The standard InChI is InChI=1S/C17H21N2O2/c1-2-12-5-9-14(10-6-12)18-16(20)15-4-3-11-19(15)17(21)13-7-8-13/h5-6,9-10,13,15H,1-4,7-8,11H2,(H,18,20)/t15-/m0/s1. The number of likely N-dealkylation sites (tertiary alicyclic amines) is 1. The van der Waals surface area contributed by atoms with Crippen LogP contribution in [0.5, 0.6) is 0 Å². The number of nitrogens with zero attached hydrogens (tertiary/aromatic N) is 1. The number of nitrogens with one attached hydrogen (secondary N) is 1. The number of hydrogen-bond donors (Lipinski definition) is 1. The first-order valence-corrected chi connectivity index (χ1v) is 7.68. The summed E-state index contributed by atoms with van der Waals surface area (Å²) in [5, 5.41) is 2.93. The zero-order chi connectivity index (χ0) is 14.8. The molecule has 111 valence electrons. The number of anilines is 1. The van der Waals surface area contributed by atoms with E-state index in [2.05, 4.69) is 12.2 Å². The molecule has 0 unspecified atom stereocenters. The number of carbonyl (C=O) groups excluding carboxylic acids is 2. The van der Waals surface area contributed by atoms with E-state index < -0.39 is 0 Å². The molecule has 0 spiro atoms. The second-order valence-corrected chi connectivity index (χ2v) is 5.90. The summed E-state index contributed by atoms with van der Waals surface area (Å²) < 4.78 is 0. The van der Waals surface area contributed by atoms with Gasteiger partial charge in [-0.3, -0.25) is 9.59 Å². The first kappa shape index (κ1) is 14.1. The maximum Gasteiger partial charge on any atom is 0.247 e. The predicted octanol–water partition coefficient (Wildman–Crippen LogP) is 2.40. The van der Waals surface area contributed by atoms with E-state index in [1.165, 1.54) is 0 Å². The maximum atomic E-state index is 12.4. The molecular formula is C17H21N2O2. The number of amides is 2. The Kier molecular flexibility index (Phi) is 3.95. The van der Waals surface area contributed by atoms with E-state index in [1.54, 1.807) is 4.90 Å². The average molecular weight is 285 g/mol. The molecule has 1 aliphatic heterocycles. The van der Waals surface area contributed by atoms with Crippen molar-refractivity contribution in [3.8, 4) is 0 Å². The van der Waals surface area contributed by atoms with E-state index in [4.69, 9.17) is 0 Å². The molecular weight excluding hydrogens is 264 g/mol. The quantitative estimate of drug-likeness (QED) is 0.923. The summed E-state index contributed by atoms with van der Waals surface area (Å²) in [7, 11) is 0. The number of hydrogen-bond acceptors (Lipinski definition) is 2. The Labute approximate surface area is 125 Å². The van der Waals surface area contributed by atoms with Crippen molar-refractivity contribution < 1.29 is 9.59 Å². The molecule has 1 atom stereocenters. The molecule has 4 heteroatoms. The summed E-state index contributed by atoms with van der Waals surface area (Å²) in [5.74, 6) is 0.277. The Hall–Kier alpha value is -1.84. The van der Waals surface area contributed by atoms with Crippen molar-refractivity contribution in [3.05, 3.63) is 36.8 Å². The second kappa shape index (κ2) is 5.88. The molecule has 1 saturated carbocycles. The highest BCUT2D eigenvalue weighted by Gasteiger charge is 2.40. The van der Waals surface area contributed by atoms with Gasteiger partial charge in [0, 0.05) is 18.2 Å². The van der Waals surface area contributed by atoms with E-state index in [9.17, 15) is 9.59 Å². The highest BCUT2D eigenvalue weighted by Crippen LogP contribution is 2.33. The fourth-order valence-corrected chi connectivity index (χ4v) is 2.85. The zero-order valence-corrected chi connectivity index (χ0v) is 12.2. The minimum atomic E-state index is -0.300. The van der Waals surface area contributed by atoms with Gasteiger partial charge in [0.15, 0.2) is 0 Å². The van der Waals surface area contributed by atoms with Gasteiger partial charge in [0.1, 0.15) is 6.04 Å². The summed E-state index contributed by atoms with van der Waals surface area (Å²) in [5.41, 5.74) is 1.92. The Bertz CT molecular complexity index is 534. The van der Waals surface area contributed by atoms with E-state index in [-0.39, 0.29) is 23.8 Å². The molecule has 4 nitrogen and oxygen atoms in total. The van der Waals surface area contributed by atoms with Crippen LogP contribution in [-0.4, -0.2) is 29.3 Å². The summed E-state index contributed by atoms with van der Waals surface area (Å²) in [6.45, 7) is 4.55. The monoisotopic (exact) mass is 285 g/mol. The van der Waals surface area contributed by atoms with Crippen LogP contribution in [0, 0.1) is 12.8 Å². The molecule has 1 heterocycles. The lowest BCUT2D eigenvalue weighted by atomic mass is 10.1. The highest BCUT2D eigenvalue weighted by atomic mass is 16.2. The molecule has 1 N–H and O–H groups in total. The third-order valence-corrected chi connectivity index (χ3v) is 4.28. The van der Waals surface area contributed by atoms with Crippen molar-refractivity contribution in [1.29, 1.82) is 0 Å². The smallest absolute Gasteiger partial charge is 0.247 e. The van der Waals surface area contributed by atoms with Gasteiger partial charge in [0.2, 0.25) is 11.8 Å². The van der Waals surface area contributed by atoms with Crippen LogP contribution < -0.4 is 5.32 Å². The van der Waals surface area contributed by atoms with Crippen LogP contribution in [0.25, 0.3) is 0 Å². The predicted molar refractivity (Wildman–Crippen MR) is 81.6 cm³/mol. The van der Waals surface area contributed by atoms with Gasteiger partial charge in [-0.25, -0.2) is 0 Å². The first-order valence-electron chi connectivity index (χ1n) is 7.68. The van der Waals surface area contributed by atoms with Crippen molar-refractivity contribution in [2.45, 2.75) is 38.1 Å². The summed E-state index contributed by atoms with van der Waals surface area (Å²) >= 11 is 0. The van der Waals surface area contributed by atoms with Crippen LogP contribution in [0.2, 0.25) is 0 Å². The summed E-state index contributed by atoms with van der Waals surface area (Å²) in [6.07, 6.45) is 4.38. The lowest BCUT2D eigenvalue weighted by Gasteiger charge is -2.24. The fraction of sp³-hybridized carbons (Fsp3) is 0.471. The lowest BCUT2D eigenvalue weighted by Crippen LogP contribution is -2.43. The van der Waals surface area contributed by atoms with E-state index in [0.717, 1.165) is 43.4 Å². The van der Waals surface area contributed by atoms with Crippen molar-refractivity contribution in [1.82, 2.24) is 4.90 Å². The Morgan fingerprint density at radius 2 is 1.90 bits per heavy atom. The van der Waals surface area contributed by atoms with E-state index in [0.29, 0.717) is 6.54 Å². The van der Waals surface area contributed by atoms with Gasteiger partial charge in [-0.15, -0.1) is 0 Å². The van der Waals surface area contributed by atoms with E-state index >= 15 is 0 Å². The minimum Gasteiger partial charge on any atom is -0.330 e. The highest BCUT2D eigenvalue weighted by molar-refractivity contribution is 5.98. The van der Waals surface area contributed by atoms with Gasteiger partial charge in [0.25, 0.3) is 0 Å². The Morgan fingerprint density at radius 1 is 1.19 bits per heavy atom. The van der Waals surface area contributed by atoms with Crippen molar-refractivity contribution in [2.75, 3.05) is 11.9 Å². The van der Waals surface area contributed by atoms with Crippen LogP contribution in [0.4, 0.5) is 5.69 Å². The first-order chi connectivity index (χ1) is 10.2. The van der Waals surface area contributed by atoms with E-state index in [1.807, 2.05) is 24.3 Å². The van der Waals surface area contributed by atoms with Crippen molar-refractivity contribution in [3.63, 3.8) is 0 Å². The molecule has 2 amide bonds. The van der Waals surface area contributed by atoms with Crippen molar-refractivity contribution in [2.24, 2.45) is 5.92 Å². The maximum absolute atomic E-state index is 12.4. The Balaban J connectivity index is 1.64. The molecule has 2 aliphatic rings. The number of benzene rings is 1. The van der Waals surface area contributed by atoms with Crippen LogP contribution >= 0.6 is 0 Å². The molecule has 0 bridgehead atoms. The topological polar surface area (TPSA) is 49.4 Å². The molecule has 21 heavy (non-hydrogen) atoms. The van der Waals surface area contributed by atoms with Gasteiger partial charge in [-0.05, 0) is 56.7 Å². The van der Waals surface area contributed by atoms with Gasteiger partial charge >= 0.3 is 0 Å². The molecule has 1 aromatic rings. The average Bonchev–Trinajstić information content (AvgIpc) is 3.23. The minimum absolute atomic E-state index is 0.0659. The fourth-order valence-electron chi connectivity index (χ4n) is 2.85. The summed E-state index contributed by atoms with van der Waals surface area (Å²) in [4.78, 5) is 26.4. The van der Waals surface area contributed by atoms with Gasteiger partial charge in [-0.2, -0.15) is 0 Å². The third-order valence-electron chi connectivity index (χ3n) is 4.28. The van der Waals surface area contributed by atoms with Crippen LogP contribution in [0.3, 0.4) is 0 Å². The summed E-state index contributed by atoms with van der Waals surface area (Å²) in [6, 6.07) is 7.40. The zero-order valence-electron chi connectivity index (χ0n) is 12.2. The van der Waals surface area contributed by atoms with Crippen LogP contribution in [-0.2, 0) is 16.0 Å². The third kappa shape index (κ3) is 3.09. The van der Waals surface area contributed by atoms with Crippen LogP contribution in [0.1, 0.15) is 31.2 Å². The second-order valence-electron chi connectivity index (χ2n) is 5.90. The number of rotatable bonds is 4. The SMILES string of the molecule is [CH2]Cc1ccc(NC(=O)[C@@H]2CCCN2C(=O)C2CC2)cc1. The lowest BCUT2D eigenvalue weighted by molar-refractivity contribution is -0.137. The largest absolute Gasteiger partial charge is 0.330 e. The normalized spacial score (nSPS) is 21.4. The molecule has 3 rings (SSSR count). The Morgan fingerprint density at radius 3 is 2.52 bits per heavy atom. The number of carbonyl (C=O) groups is 2. The molecule has 0 aromatic heterocycles. The van der Waals surface area contributed by atoms with Crippen molar-refractivity contribution >= 4 is 17.5 Å². The molecule has 1 radical (unpaired) electrons. The van der Waals surface area contributed by atoms with Gasteiger partial charge < -0.3 is 10.2 Å². The molecule has 2 fully saturated rings. The van der Waals surface area contributed by atoms with Crippen LogP contribution in [0.15, 0.2) is 24.3 Å². The molecule has 1 aliphatic carbocycles. The van der Waals surface area contributed by atoms with Gasteiger partial charge in [-0.1, -0.05) is 12.1 Å². The molecule has 1 aromatic carbocycles. The molecule has 1 saturated heterocycles. The van der Waals surface area contributed by atoms with Gasteiger partial charge in [0.05, 0.1) is 0 Å².